The van der Waals surface area contributed by atoms with E-state index in [2.05, 4.69) is 4.72 Å². The van der Waals surface area contributed by atoms with Gasteiger partial charge in [0.25, 0.3) is 5.69 Å². The van der Waals surface area contributed by atoms with Crippen molar-refractivity contribution in [1.29, 1.82) is 0 Å². The van der Waals surface area contributed by atoms with Crippen LogP contribution in [-0.2, 0) is 10.0 Å². The van der Waals surface area contributed by atoms with Gasteiger partial charge < -0.3 is 10.5 Å². The van der Waals surface area contributed by atoms with Crippen LogP contribution in [0.5, 0.6) is 5.75 Å². The predicted molar refractivity (Wildman–Crippen MR) is 73.1 cm³/mol. The molecule has 3 N–H and O–H groups in total. The van der Waals surface area contributed by atoms with Gasteiger partial charge >= 0.3 is 0 Å². The fourth-order valence-corrected chi connectivity index (χ4v) is 2.67. The first kappa shape index (κ1) is 16.3. The van der Waals surface area contributed by atoms with Gasteiger partial charge in [0.05, 0.1) is 18.1 Å². The summed E-state index contributed by atoms with van der Waals surface area (Å²) in [5, 5.41) is 10.7. The number of nitrogens with zero attached hydrogens (tertiary/aromatic N) is 1. The van der Waals surface area contributed by atoms with Gasteiger partial charge in [-0.1, -0.05) is 6.92 Å². The van der Waals surface area contributed by atoms with Gasteiger partial charge in [0, 0.05) is 18.7 Å². The molecule has 0 aliphatic carbocycles. The van der Waals surface area contributed by atoms with Crippen LogP contribution >= 0.6 is 0 Å². The van der Waals surface area contributed by atoms with Gasteiger partial charge in [0.2, 0.25) is 10.0 Å². The molecule has 0 aromatic heterocycles. The Bertz CT molecular complexity index is 588. The minimum atomic E-state index is -3.83. The molecule has 1 unspecified atom stereocenters. The molecule has 1 aromatic rings. The van der Waals surface area contributed by atoms with Gasteiger partial charge in [-0.15, -0.1) is 0 Å². The maximum Gasteiger partial charge on any atom is 0.273 e. The standard InChI is InChI=1S/C11H17N3O5S/c1-3-8(12)7-13-20(17,18)11-5-4-9(14(15)16)6-10(11)19-2/h4-6,8,13H,3,7,12H2,1-2H3. The van der Waals surface area contributed by atoms with Gasteiger partial charge in [-0.3, -0.25) is 10.1 Å². The highest BCUT2D eigenvalue weighted by molar-refractivity contribution is 7.89. The van der Waals surface area contributed by atoms with E-state index in [1.807, 2.05) is 6.92 Å². The largest absolute Gasteiger partial charge is 0.495 e. The number of hydrogen-bond acceptors (Lipinski definition) is 6. The van der Waals surface area contributed by atoms with Crippen LogP contribution in [0.25, 0.3) is 0 Å². The van der Waals surface area contributed by atoms with Crippen LogP contribution in [0.15, 0.2) is 23.1 Å². The lowest BCUT2D eigenvalue weighted by Crippen LogP contribution is -2.36. The van der Waals surface area contributed by atoms with Crippen LogP contribution in [0.1, 0.15) is 13.3 Å². The van der Waals surface area contributed by atoms with Crippen molar-refractivity contribution in [3.05, 3.63) is 28.3 Å². The average molecular weight is 303 g/mol. The van der Waals surface area contributed by atoms with Crippen molar-refractivity contribution >= 4 is 15.7 Å². The van der Waals surface area contributed by atoms with Crippen molar-refractivity contribution in [2.75, 3.05) is 13.7 Å². The monoisotopic (exact) mass is 303 g/mol. The third-order valence-corrected chi connectivity index (χ3v) is 4.17. The summed E-state index contributed by atoms with van der Waals surface area (Å²) in [7, 11) is -2.58. The molecule has 0 fully saturated rings. The lowest BCUT2D eigenvalue weighted by atomic mass is 10.2. The highest BCUT2D eigenvalue weighted by Gasteiger charge is 2.22. The van der Waals surface area contributed by atoms with Crippen LogP contribution in [0.2, 0.25) is 0 Å². The fourth-order valence-electron chi connectivity index (χ4n) is 1.43. The van der Waals surface area contributed by atoms with E-state index < -0.39 is 14.9 Å². The summed E-state index contributed by atoms with van der Waals surface area (Å²) in [5.74, 6) is -0.0863. The predicted octanol–water partition coefficient (Wildman–Crippen LogP) is 0.619. The highest BCUT2D eigenvalue weighted by Crippen LogP contribution is 2.28. The summed E-state index contributed by atoms with van der Waals surface area (Å²) in [5.41, 5.74) is 5.40. The zero-order valence-corrected chi connectivity index (χ0v) is 12.0. The number of nitro benzene ring substituents is 1. The minimum absolute atomic E-state index is 0.0823. The molecule has 0 radical (unpaired) electrons. The molecule has 112 valence electrons. The summed E-state index contributed by atoms with van der Waals surface area (Å²) < 4.78 is 31.4. The van der Waals surface area contributed by atoms with Crippen molar-refractivity contribution in [1.82, 2.24) is 4.72 Å². The van der Waals surface area contributed by atoms with Crippen LogP contribution < -0.4 is 15.2 Å². The first-order valence-electron chi connectivity index (χ1n) is 5.89. The number of nitro groups is 1. The number of non-ortho nitro benzene ring substituents is 1. The number of benzene rings is 1. The number of rotatable bonds is 7. The summed E-state index contributed by atoms with van der Waals surface area (Å²) >= 11 is 0. The minimum Gasteiger partial charge on any atom is -0.495 e. The molecular weight excluding hydrogens is 286 g/mol. The maximum atomic E-state index is 12.1. The second-order valence-corrected chi connectivity index (χ2v) is 5.85. The first-order chi connectivity index (χ1) is 9.31. The average Bonchev–Trinajstić information content (AvgIpc) is 2.43. The molecule has 1 aromatic carbocycles. The summed E-state index contributed by atoms with van der Waals surface area (Å²) in [4.78, 5) is 9.87. The smallest absolute Gasteiger partial charge is 0.273 e. The van der Waals surface area contributed by atoms with Crippen LogP contribution in [0.3, 0.4) is 0 Å². The first-order valence-corrected chi connectivity index (χ1v) is 7.37. The molecule has 0 heterocycles. The molecule has 8 nitrogen and oxygen atoms in total. The van der Waals surface area contributed by atoms with E-state index in [0.29, 0.717) is 6.42 Å². The number of sulfonamides is 1. The molecule has 1 atom stereocenters. The van der Waals surface area contributed by atoms with Crippen molar-refractivity contribution < 1.29 is 18.1 Å². The molecule has 0 aliphatic heterocycles. The quantitative estimate of drug-likeness (QED) is 0.562. The van der Waals surface area contributed by atoms with Gasteiger partial charge in [0.15, 0.2) is 0 Å². The Morgan fingerprint density at radius 2 is 2.15 bits per heavy atom. The Kier molecular flexibility index (Phi) is 5.43. The topological polar surface area (TPSA) is 125 Å². The normalized spacial score (nSPS) is 12.9. The van der Waals surface area contributed by atoms with E-state index in [9.17, 15) is 18.5 Å². The van der Waals surface area contributed by atoms with Crippen LogP contribution in [0, 0.1) is 10.1 Å². The highest BCUT2D eigenvalue weighted by atomic mass is 32.2. The molecule has 0 bridgehead atoms. The van der Waals surface area contributed by atoms with E-state index in [4.69, 9.17) is 10.5 Å². The van der Waals surface area contributed by atoms with Gasteiger partial charge in [-0.2, -0.15) is 0 Å². The van der Waals surface area contributed by atoms with Gasteiger partial charge in [-0.25, -0.2) is 13.1 Å². The summed E-state index contributed by atoms with van der Waals surface area (Å²) in [6.07, 6.45) is 0.625. The van der Waals surface area contributed by atoms with Crippen molar-refractivity contribution in [2.24, 2.45) is 5.73 Å². The summed E-state index contributed by atoms with van der Waals surface area (Å²) in [6.45, 7) is 1.92. The molecule has 20 heavy (non-hydrogen) atoms. The number of ether oxygens (including phenoxy) is 1. The summed E-state index contributed by atoms with van der Waals surface area (Å²) in [6, 6.07) is 3.01. The second kappa shape index (κ2) is 6.64. The lowest BCUT2D eigenvalue weighted by Gasteiger charge is -2.13. The zero-order valence-electron chi connectivity index (χ0n) is 11.2. The number of methoxy groups -OCH3 is 1. The number of hydrogen-bond donors (Lipinski definition) is 2. The van der Waals surface area contributed by atoms with E-state index in [1.165, 1.54) is 7.11 Å². The van der Waals surface area contributed by atoms with E-state index in [-0.39, 0.29) is 28.9 Å². The van der Waals surface area contributed by atoms with Crippen LogP contribution in [-0.4, -0.2) is 33.0 Å². The lowest BCUT2D eigenvalue weighted by molar-refractivity contribution is -0.385. The molecule has 0 aliphatic rings. The van der Waals surface area contributed by atoms with Gasteiger partial charge in [0.1, 0.15) is 10.6 Å². The molecule has 9 heteroatoms. The van der Waals surface area contributed by atoms with Gasteiger partial charge in [-0.05, 0) is 12.5 Å². The molecule has 0 amide bonds. The third-order valence-electron chi connectivity index (χ3n) is 2.71. The zero-order chi connectivity index (χ0) is 15.3. The molecule has 0 saturated carbocycles. The van der Waals surface area contributed by atoms with Crippen molar-refractivity contribution in [2.45, 2.75) is 24.3 Å². The Morgan fingerprint density at radius 1 is 1.50 bits per heavy atom. The molecular formula is C11H17N3O5S. The number of nitrogens with one attached hydrogen (secondary N) is 1. The van der Waals surface area contributed by atoms with E-state index in [1.54, 1.807) is 0 Å². The SMILES string of the molecule is CCC(N)CNS(=O)(=O)c1ccc([N+](=O)[O-])cc1OC. The van der Waals surface area contributed by atoms with Crippen molar-refractivity contribution in [3.8, 4) is 5.75 Å². The Labute approximate surface area is 117 Å². The Hall–Kier alpha value is -1.71. The van der Waals surface area contributed by atoms with E-state index >= 15 is 0 Å². The molecule has 0 spiro atoms. The van der Waals surface area contributed by atoms with E-state index in [0.717, 1.165) is 18.2 Å². The number of nitrogens with two attached hydrogens (primary N) is 1. The molecule has 0 saturated heterocycles. The maximum absolute atomic E-state index is 12.1. The molecule has 1 rings (SSSR count). The third kappa shape index (κ3) is 3.89. The fraction of sp³-hybridized carbons (Fsp3) is 0.455. The Morgan fingerprint density at radius 3 is 2.65 bits per heavy atom. The van der Waals surface area contributed by atoms with Crippen molar-refractivity contribution in [3.63, 3.8) is 0 Å². The Balaban J connectivity index is 3.08. The second-order valence-electron chi connectivity index (χ2n) is 4.11. The van der Waals surface area contributed by atoms with Crippen LogP contribution in [0.4, 0.5) is 5.69 Å².